The number of hydrogen-bond donors (Lipinski definition) is 0. The second-order valence-corrected chi connectivity index (χ2v) is 14.8. The Kier molecular flexibility index (Phi) is 12.3. The molecule has 1 heterocycles. The maximum Gasteiger partial charge on any atom is 0.0346 e. The van der Waals surface area contributed by atoms with Crippen LogP contribution in [0.2, 0.25) is 13.3 Å². The maximum atomic E-state index is 4.01. The molecule has 0 saturated carbocycles. The van der Waals surface area contributed by atoms with Crippen molar-refractivity contribution in [3.8, 4) is 0 Å². The first-order chi connectivity index (χ1) is 11.3. The van der Waals surface area contributed by atoms with E-state index in [-0.39, 0.29) is 0 Å². The Hall–Kier alpha value is -0.571. The summed E-state index contributed by atoms with van der Waals surface area (Å²) in [5, 5.41) is 2.45. The minimum atomic E-state index is -0.839. The molecule has 127 valence electrons. The van der Waals surface area contributed by atoms with E-state index in [0.29, 0.717) is 0 Å². The van der Waals surface area contributed by atoms with E-state index in [2.05, 4.69) is 37.9 Å². The van der Waals surface area contributed by atoms with Crippen LogP contribution >= 0.6 is 0 Å². The second-order valence-electron chi connectivity index (χ2n) is 6.28. The number of benzene rings is 1. The predicted molar refractivity (Wildman–Crippen MR) is 107 cm³/mol. The summed E-state index contributed by atoms with van der Waals surface area (Å²) < 4.78 is 5.04. The van der Waals surface area contributed by atoms with Gasteiger partial charge in [0.2, 0.25) is 0 Å². The van der Waals surface area contributed by atoms with Gasteiger partial charge in [0.15, 0.2) is 0 Å². The zero-order valence-electron chi connectivity index (χ0n) is 15.4. The van der Waals surface area contributed by atoms with Crippen LogP contribution in [0.15, 0.2) is 42.7 Å². The summed E-state index contributed by atoms with van der Waals surface area (Å²) in [4.78, 5) is 4.01. The summed E-state index contributed by atoms with van der Waals surface area (Å²) in [6.07, 6.45) is 12.5. The maximum absolute atomic E-state index is 4.01. The van der Waals surface area contributed by atoms with Crippen LogP contribution in [0.25, 0.3) is 10.8 Å². The minimum absolute atomic E-state index is 0.839. The molecule has 2 aromatic rings. The average molecular weight is 419 g/mol. The van der Waals surface area contributed by atoms with Gasteiger partial charge in [-0.15, -0.1) is 0 Å². The monoisotopic (exact) mass is 420 g/mol. The number of hydrogen-bond acceptors (Lipinski definition) is 1. The van der Waals surface area contributed by atoms with Crippen molar-refractivity contribution in [2.24, 2.45) is 0 Å². The molecule has 2 rings (SSSR count). The molecule has 0 atom stereocenters. The molecular weight excluding hydrogens is 385 g/mol. The van der Waals surface area contributed by atoms with Crippen LogP contribution in [-0.4, -0.2) is 24.7 Å². The van der Waals surface area contributed by atoms with Crippen molar-refractivity contribution in [3.05, 3.63) is 42.7 Å². The molecule has 0 aliphatic heterocycles. The van der Waals surface area contributed by atoms with E-state index < -0.39 is 19.8 Å². The van der Waals surface area contributed by atoms with Crippen molar-refractivity contribution >= 4 is 30.5 Å². The molecule has 0 amide bonds. The van der Waals surface area contributed by atoms with Crippen LogP contribution < -0.4 is 0 Å². The SMILES string of the molecule is CCC[CH2][Sn]([CH2]CCC)[CH2]CCC.c1ccc2cnccc2c1. The normalized spacial score (nSPS) is 10.6. The molecule has 0 bridgehead atoms. The van der Waals surface area contributed by atoms with Gasteiger partial charge in [-0.25, -0.2) is 0 Å². The van der Waals surface area contributed by atoms with Crippen LogP contribution in [-0.2, 0) is 0 Å². The van der Waals surface area contributed by atoms with Crippen molar-refractivity contribution in [1.82, 2.24) is 4.98 Å². The Morgan fingerprint density at radius 2 is 1.26 bits per heavy atom. The van der Waals surface area contributed by atoms with E-state index in [4.69, 9.17) is 0 Å². The number of aromatic nitrogens is 1. The molecule has 0 fully saturated rings. The third-order valence-electron chi connectivity index (χ3n) is 4.20. The van der Waals surface area contributed by atoms with E-state index >= 15 is 0 Å². The van der Waals surface area contributed by atoms with Crippen molar-refractivity contribution in [2.75, 3.05) is 0 Å². The van der Waals surface area contributed by atoms with E-state index in [0.717, 1.165) is 0 Å². The van der Waals surface area contributed by atoms with Crippen LogP contribution in [0.4, 0.5) is 0 Å². The van der Waals surface area contributed by atoms with E-state index in [1.165, 1.54) is 49.3 Å². The van der Waals surface area contributed by atoms with Gasteiger partial charge in [-0.2, -0.15) is 0 Å². The molecule has 0 spiro atoms. The summed E-state index contributed by atoms with van der Waals surface area (Å²) in [5.74, 6) is 0. The Bertz CT molecular complexity index is 427. The number of nitrogens with zero attached hydrogens (tertiary/aromatic N) is 1. The number of unbranched alkanes of at least 4 members (excludes halogenated alkanes) is 3. The molecule has 0 aliphatic rings. The Balaban J connectivity index is 0.000000235. The molecule has 1 aromatic heterocycles. The molecule has 2 heteroatoms. The fourth-order valence-electron chi connectivity index (χ4n) is 2.68. The molecule has 1 aromatic carbocycles. The molecule has 0 N–H and O–H groups in total. The average Bonchev–Trinajstić information content (AvgIpc) is 2.62. The quantitative estimate of drug-likeness (QED) is 0.395. The smallest absolute Gasteiger partial charge is 0.0346 e. The van der Waals surface area contributed by atoms with Gasteiger partial charge in [0.25, 0.3) is 0 Å². The van der Waals surface area contributed by atoms with Gasteiger partial charge in [-0.05, 0) is 16.8 Å². The molecule has 1 nitrogen and oxygen atoms in total. The Morgan fingerprint density at radius 1 is 0.739 bits per heavy atom. The molecule has 1 radical (unpaired) electrons. The molecule has 23 heavy (non-hydrogen) atoms. The first kappa shape index (κ1) is 20.5. The number of fused-ring (bicyclic) bond motifs is 1. The van der Waals surface area contributed by atoms with Gasteiger partial charge in [0.05, 0.1) is 0 Å². The molecule has 0 saturated heterocycles. The summed E-state index contributed by atoms with van der Waals surface area (Å²) in [6, 6.07) is 10.2. The van der Waals surface area contributed by atoms with Crippen LogP contribution in [0.5, 0.6) is 0 Å². The summed E-state index contributed by atoms with van der Waals surface area (Å²) in [6.45, 7) is 7.00. The third kappa shape index (κ3) is 9.34. The number of rotatable bonds is 9. The van der Waals surface area contributed by atoms with Gasteiger partial charge in [0.1, 0.15) is 0 Å². The first-order valence-corrected chi connectivity index (χ1v) is 15.5. The van der Waals surface area contributed by atoms with Gasteiger partial charge in [-0.3, -0.25) is 4.98 Å². The van der Waals surface area contributed by atoms with Crippen molar-refractivity contribution in [1.29, 1.82) is 0 Å². The zero-order valence-corrected chi connectivity index (χ0v) is 18.2. The van der Waals surface area contributed by atoms with Crippen molar-refractivity contribution < 1.29 is 0 Å². The third-order valence-corrected chi connectivity index (χ3v) is 13.3. The molecule has 0 unspecified atom stereocenters. The Labute approximate surface area is 150 Å². The standard InChI is InChI=1S/C9H7N.3C4H9.Sn/c1-2-4-9-7-10-6-5-8(9)3-1;3*1-3-4-2;/h1-7H;3*1,3-4H2,2H3;. The predicted octanol–water partition coefficient (Wildman–Crippen LogP) is 7.12. The fourth-order valence-corrected chi connectivity index (χ4v) is 12.1. The Morgan fingerprint density at radius 3 is 1.74 bits per heavy atom. The van der Waals surface area contributed by atoms with Crippen LogP contribution in [0.3, 0.4) is 0 Å². The summed E-state index contributed by atoms with van der Waals surface area (Å²) in [7, 11) is 0. The number of pyridine rings is 1. The van der Waals surface area contributed by atoms with E-state index in [1.807, 2.05) is 30.6 Å². The van der Waals surface area contributed by atoms with Crippen LogP contribution in [0.1, 0.15) is 59.3 Å². The fraction of sp³-hybridized carbons (Fsp3) is 0.571. The van der Waals surface area contributed by atoms with Gasteiger partial charge < -0.3 is 0 Å². The second kappa shape index (κ2) is 13.8. The zero-order chi connectivity index (χ0) is 16.8. The first-order valence-electron chi connectivity index (χ1n) is 9.44. The van der Waals surface area contributed by atoms with Crippen LogP contribution in [0, 0.1) is 0 Å². The summed E-state index contributed by atoms with van der Waals surface area (Å²) in [5.41, 5.74) is 0. The van der Waals surface area contributed by atoms with E-state index in [1.54, 1.807) is 13.3 Å². The topological polar surface area (TPSA) is 12.9 Å². The largest absolute Gasteiger partial charge is 0.264 e. The van der Waals surface area contributed by atoms with Gasteiger partial charge in [0, 0.05) is 12.4 Å². The van der Waals surface area contributed by atoms with Crippen molar-refractivity contribution in [3.63, 3.8) is 0 Å². The van der Waals surface area contributed by atoms with E-state index in [9.17, 15) is 0 Å². The van der Waals surface area contributed by atoms with Crippen molar-refractivity contribution in [2.45, 2.75) is 72.6 Å². The molecule has 0 aliphatic carbocycles. The van der Waals surface area contributed by atoms with Gasteiger partial charge >= 0.3 is 92.4 Å². The summed E-state index contributed by atoms with van der Waals surface area (Å²) >= 11 is -0.839. The van der Waals surface area contributed by atoms with Gasteiger partial charge in [-0.1, -0.05) is 24.3 Å². The molecular formula is C21H34NSn. The minimum Gasteiger partial charge on any atom is -0.264 e.